The van der Waals surface area contributed by atoms with Crippen molar-refractivity contribution in [1.29, 1.82) is 0 Å². The van der Waals surface area contributed by atoms with Crippen LogP contribution in [-0.4, -0.2) is 155 Å². The summed E-state index contributed by atoms with van der Waals surface area (Å²) in [5, 5.41) is 17.4. The molecule has 0 aromatic carbocycles. The van der Waals surface area contributed by atoms with Crippen LogP contribution in [0.2, 0.25) is 0 Å². The zero-order valence-corrected chi connectivity index (χ0v) is 33.2. The number of aliphatic hydroxyl groups excluding tert-OH is 2. The number of amides is 1. The number of rotatable bonds is 9. The smallest absolute Gasteiger partial charge is 0.762 e. The molecule has 2 N–H and O–H groups in total. The summed E-state index contributed by atoms with van der Waals surface area (Å²) in [4.78, 5) is 13.6. The second-order valence-electron chi connectivity index (χ2n) is 14.4. The quantitative estimate of drug-likeness (QED) is 0.173. The monoisotopic (exact) mass is 813 g/mol. The van der Waals surface area contributed by atoms with Crippen molar-refractivity contribution >= 4 is 21.0 Å². The number of likely N-dealkylation sites (tertiary alicyclic amines) is 4. The van der Waals surface area contributed by atoms with Crippen LogP contribution in [0, 0.1) is 0 Å². The third-order valence-corrected chi connectivity index (χ3v) is 10.0. The number of carbonyl (C=O) groups is 1. The van der Waals surface area contributed by atoms with Crippen LogP contribution < -0.4 is 21.8 Å². The molecule has 4 fully saturated rings. The molecule has 18 heteroatoms. The lowest BCUT2D eigenvalue weighted by Gasteiger charge is -2.28. The molecule has 0 radical (unpaired) electrons. The highest BCUT2D eigenvalue weighted by Gasteiger charge is 2.27. The maximum atomic E-state index is 11.5. The lowest BCUT2D eigenvalue weighted by atomic mass is 10.2. The Morgan fingerprint density at radius 3 is 1.25 bits per heavy atom. The fourth-order valence-corrected chi connectivity index (χ4v) is 6.68. The average Bonchev–Trinajstić information content (AvgIpc) is 3.72. The van der Waals surface area contributed by atoms with Gasteiger partial charge >= 0.3 is 15.1 Å². The maximum Gasteiger partial charge on any atom is 0.762 e. The van der Waals surface area contributed by atoms with Gasteiger partial charge in [-0.2, -0.15) is 0 Å². The van der Waals surface area contributed by atoms with Crippen molar-refractivity contribution in [3.05, 3.63) is 0 Å². The minimum absolute atomic E-state index is 0. The minimum atomic E-state index is -3.67. The highest BCUT2D eigenvalue weighted by Crippen LogP contribution is 2.18. The fourth-order valence-electron chi connectivity index (χ4n) is 6.68. The van der Waals surface area contributed by atoms with E-state index in [1.807, 2.05) is 4.90 Å². The van der Waals surface area contributed by atoms with Crippen molar-refractivity contribution in [1.82, 2.24) is 4.90 Å². The van der Waals surface area contributed by atoms with Crippen LogP contribution in [0.15, 0.2) is 0 Å². The molecule has 0 spiro atoms. The van der Waals surface area contributed by atoms with Crippen LogP contribution in [0.4, 0.5) is 25.9 Å². The summed E-state index contributed by atoms with van der Waals surface area (Å²) in [6.07, 6.45) is 16.4. The van der Waals surface area contributed by atoms with Crippen LogP contribution in [0.1, 0.15) is 119 Å². The summed E-state index contributed by atoms with van der Waals surface area (Å²) < 4.78 is 61.5. The predicted octanol–water partition coefficient (Wildman–Crippen LogP) is -1.30. The van der Waals surface area contributed by atoms with Crippen LogP contribution in [0.5, 0.6) is 0 Å². The molecule has 4 saturated heterocycles. The minimum Gasteiger partial charge on any atom is -1.00 e. The van der Waals surface area contributed by atoms with Crippen LogP contribution in [0.25, 0.3) is 0 Å². The van der Waals surface area contributed by atoms with Crippen LogP contribution in [0.3, 0.4) is 0 Å². The molecule has 4 rings (SSSR count). The molecule has 0 aromatic rings. The van der Waals surface area contributed by atoms with Gasteiger partial charge in [-0.25, -0.2) is 0 Å². The van der Waals surface area contributed by atoms with Gasteiger partial charge in [0, 0.05) is 57.5 Å². The molecular weight excluding hydrogens is 733 g/mol. The first kappa shape index (κ1) is 66.9. The summed E-state index contributed by atoms with van der Waals surface area (Å²) >= 11 is 0. The van der Waals surface area contributed by atoms with Gasteiger partial charge in [-0.15, -0.1) is 0 Å². The molecule has 0 aromatic heterocycles. The number of hydrogen-bond donors (Lipinski definition) is 2. The second-order valence-corrected chi connectivity index (χ2v) is 14.4. The molecule has 0 aliphatic carbocycles. The van der Waals surface area contributed by atoms with Crippen molar-refractivity contribution in [2.75, 3.05) is 99.8 Å². The van der Waals surface area contributed by atoms with E-state index in [1.54, 1.807) is 0 Å². The van der Waals surface area contributed by atoms with E-state index in [9.17, 15) is 30.7 Å². The van der Waals surface area contributed by atoms with E-state index in [0.717, 1.165) is 47.9 Å². The summed E-state index contributed by atoms with van der Waals surface area (Å²) in [5.41, 5.74) is 0. The number of halogens is 9. The Bertz CT molecular complexity index is 741. The Morgan fingerprint density at radius 1 is 0.642 bits per heavy atom. The number of nitrogens with zero attached hydrogens (tertiary/aromatic N) is 4. The van der Waals surface area contributed by atoms with Crippen molar-refractivity contribution in [2.24, 2.45) is 0 Å². The van der Waals surface area contributed by atoms with Gasteiger partial charge in [0.2, 0.25) is 5.91 Å². The normalized spacial score (nSPS) is 18.8. The number of carbonyl (C=O) groups excluding carboxylic acids is 1. The number of quaternary nitrogens is 3. The van der Waals surface area contributed by atoms with Crippen molar-refractivity contribution < 1.29 is 76.2 Å². The average molecular weight is 813 g/mol. The molecule has 1 unspecified atom stereocenters. The standard InChI is InChI=1S/C10H19NO.C9H20N.2C7H16NO.2CH4.2BF3.ClH.2FH/c1-3-9(2)11-8-6-4-5-7-10(11)12;1-3-4-7-10(2)8-5-6-9-10;2*1-8(6-7-9)4-2-3-5-8;;;2*2-1(3)4;;;/h9H,3-8H2,1-2H3;3-9H2,1-2H3;2*9H,2-7H2,1H3;2*1H4;;;3*1H/q;3*+1;;;;;;;/p-3. The first-order valence-electron chi connectivity index (χ1n) is 18.4. The zero-order chi connectivity index (χ0) is 37.1. The molecule has 53 heavy (non-hydrogen) atoms. The van der Waals surface area contributed by atoms with Gasteiger partial charge in [0.05, 0.1) is 80.2 Å². The lowest BCUT2D eigenvalue weighted by molar-refractivity contribution is -0.897. The number of aliphatic hydroxyl groups is 2. The third-order valence-electron chi connectivity index (χ3n) is 10.0. The third kappa shape index (κ3) is 37.8. The van der Waals surface area contributed by atoms with Gasteiger partial charge in [0.25, 0.3) is 0 Å². The van der Waals surface area contributed by atoms with E-state index in [4.69, 9.17) is 10.2 Å². The van der Waals surface area contributed by atoms with E-state index in [2.05, 4.69) is 41.9 Å². The number of unbranched alkanes of at least 4 members (excludes halogenated alkanes) is 1. The molecule has 0 bridgehead atoms. The first-order valence-corrected chi connectivity index (χ1v) is 18.4. The second kappa shape index (κ2) is 39.4. The molecule has 4 aliphatic rings. The Balaban J connectivity index is -0.0000000972. The van der Waals surface area contributed by atoms with Gasteiger partial charge in [0.1, 0.15) is 13.1 Å². The largest absolute Gasteiger partial charge is 1.00 e. The zero-order valence-electron chi connectivity index (χ0n) is 32.4. The van der Waals surface area contributed by atoms with Crippen molar-refractivity contribution in [3.63, 3.8) is 0 Å². The van der Waals surface area contributed by atoms with Crippen LogP contribution in [-0.2, 0) is 4.79 Å². The summed E-state index contributed by atoms with van der Waals surface area (Å²) in [6.45, 7) is 19.5. The highest BCUT2D eigenvalue weighted by atomic mass is 35.5. The van der Waals surface area contributed by atoms with Crippen LogP contribution >= 0.6 is 0 Å². The molecule has 4 heterocycles. The Morgan fingerprint density at radius 2 is 0.962 bits per heavy atom. The Labute approximate surface area is 326 Å². The Kier molecular flexibility index (Phi) is 49.7. The van der Waals surface area contributed by atoms with Crippen molar-refractivity contribution in [3.8, 4) is 0 Å². The van der Waals surface area contributed by atoms with Gasteiger partial charge < -0.3 is 50.4 Å². The number of hydrogen-bond acceptors (Lipinski definition) is 3. The van der Waals surface area contributed by atoms with Gasteiger partial charge in [-0.1, -0.05) is 41.5 Å². The molecule has 0 saturated carbocycles. The van der Waals surface area contributed by atoms with E-state index >= 15 is 0 Å². The lowest BCUT2D eigenvalue weighted by Crippen LogP contribution is -3.00. The summed E-state index contributed by atoms with van der Waals surface area (Å²) in [5.74, 6) is 0.363. The van der Waals surface area contributed by atoms with Gasteiger partial charge in [-0.3, -0.25) is 30.7 Å². The highest BCUT2D eigenvalue weighted by molar-refractivity contribution is 6.33. The van der Waals surface area contributed by atoms with Gasteiger partial charge in [-0.05, 0) is 32.6 Å². The maximum absolute atomic E-state index is 11.5. The molecule has 326 valence electrons. The van der Waals surface area contributed by atoms with Crippen molar-refractivity contribution in [2.45, 2.75) is 125 Å². The SMILES string of the molecule is C.C.CCC(C)N1CCCCCC1=O.CCCC[N+]1(C)CCCC1.C[N+]1(CCO)CCCC1.C[N+]1(CCO)CCCC1.FB(F)F.FB(F)F.[Cl-].[F-].[F-]. The van der Waals surface area contributed by atoms with E-state index in [-0.39, 0.29) is 36.7 Å². The number of likely N-dealkylation sites (N-methyl/N-ethyl adjacent to an activating group) is 2. The molecule has 1 amide bonds. The molecule has 1 atom stereocenters. The topological polar surface area (TPSA) is 60.8 Å². The summed E-state index contributed by atoms with van der Waals surface area (Å²) in [7, 11) is -0.477. The Hall–Kier alpha value is -0.870. The predicted molar refractivity (Wildman–Crippen MR) is 201 cm³/mol. The fraction of sp³-hybridized carbons (Fsp3) is 0.971. The van der Waals surface area contributed by atoms with E-state index in [0.29, 0.717) is 25.2 Å². The summed E-state index contributed by atoms with van der Waals surface area (Å²) in [6, 6.07) is 0.440. The molecular formula is C35H79B2ClF8N4O3. The molecule has 7 nitrogen and oxygen atoms in total. The van der Waals surface area contributed by atoms with Gasteiger partial charge in [0.15, 0.2) is 0 Å². The van der Waals surface area contributed by atoms with E-state index < -0.39 is 15.1 Å². The first-order chi connectivity index (χ1) is 22.5. The van der Waals surface area contributed by atoms with E-state index in [1.165, 1.54) is 115 Å². The molecule has 4 aliphatic heterocycles.